The Kier molecular flexibility index (Phi) is 22.9. The van der Waals surface area contributed by atoms with Crippen LogP contribution < -0.4 is 0 Å². The van der Waals surface area contributed by atoms with Gasteiger partial charge in [0.05, 0.1) is 90.7 Å². The number of aromatic nitrogens is 10. The fourth-order valence-electron chi connectivity index (χ4n) is 21.1. The summed E-state index contributed by atoms with van der Waals surface area (Å²) in [7, 11) is 0. The summed E-state index contributed by atoms with van der Waals surface area (Å²) in [4.78, 5) is 33.6. The van der Waals surface area contributed by atoms with Gasteiger partial charge in [-0.25, -0.2) is 9.83 Å². The van der Waals surface area contributed by atoms with Crippen LogP contribution in [0.2, 0.25) is 0 Å². The van der Waals surface area contributed by atoms with Crippen LogP contribution >= 0.6 is 0 Å². The van der Waals surface area contributed by atoms with Gasteiger partial charge < -0.3 is 23.1 Å². The van der Waals surface area contributed by atoms with Crippen LogP contribution in [0.3, 0.4) is 0 Å². The minimum atomic E-state index is 0.406. The maximum atomic E-state index is 9.28. The van der Waals surface area contributed by atoms with E-state index >= 15 is 0 Å². The number of hydrogen-bond donors (Lipinski definition) is 0. The normalized spacial score (nSPS) is 11.2. The highest BCUT2D eigenvalue weighted by molar-refractivity contribution is 6.26. The lowest BCUT2D eigenvalue weighted by Gasteiger charge is -2.10. The van der Waals surface area contributed by atoms with Crippen molar-refractivity contribution in [2.45, 2.75) is 0 Å². The zero-order valence-electron chi connectivity index (χ0n) is 79.6. The van der Waals surface area contributed by atoms with Crippen molar-refractivity contribution < 1.29 is 0 Å². The van der Waals surface area contributed by atoms with Crippen molar-refractivity contribution in [1.29, 1.82) is 10.5 Å². The third-order valence-corrected chi connectivity index (χ3v) is 27.9. The Balaban J connectivity index is 0.000000103. The molecular weight excluding hydrogens is 1810 g/mol. The van der Waals surface area contributed by atoms with Crippen LogP contribution in [-0.2, 0) is 0 Å². The van der Waals surface area contributed by atoms with E-state index in [1.165, 1.54) is 119 Å². The first-order valence-electron chi connectivity index (χ1n) is 48.8. The van der Waals surface area contributed by atoms with Gasteiger partial charge in [0, 0.05) is 120 Å². The largest absolute Gasteiger partial charge is 0.361 e. The highest BCUT2D eigenvalue weighted by Gasteiger charge is 2.24. The minimum Gasteiger partial charge on any atom is -0.361 e. The predicted molar refractivity (Wildman–Crippen MR) is 605 cm³/mol. The van der Waals surface area contributed by atoms with E-state index in [4.69, 9.17) is 18.1 Å². The molecule has 0 aliphatic heterocycles. The number of para-hydroxylation sites is 4. The Hall–Kier alpha value is -20.9. The summed E-state index contributed by atoms with van der Waals surface area (Å²) in [6, 6.07) is 163. The maximum absolute atomic E-state index is 9.28. The predicted octanol–water partition coefficient (Wildman–Crippen LogP) is 34.3. The van der Waals surface area contributed by atoms with Gasteiger partial charge in [0.25, 0.3) is 5.82 Å². The van der Waals surface area contributed by atoms with Crippen LogP contribution in [0.5, 0.6) is 0 Å². The Morgan fingerprint density at radius 3 is 1.00 bits per heavy atom. The molecule has 28 aromatic rings. The molecule has 0 radical (unpaired) electrons. The van der Waals surface area contributed by atoms with Crippen LogP contribution in [0.1, 0.15) is 11.1 Å². The van der Waals surface area contributed by atoms with Crippen molar-refractivity contribution in [2.75, 3.05) is 0 Å². The molecule has 0 atom stereocenters. The molecule has 0 unspecified atom stereocenters. The van der Waals surface area contributed by atoms with E-state index < -0.39 is 0 Å². The molecule has 14 nitrogen and oxygen atoms in total. The SMILES string of the molecule is N#Cc1ccnc(-c2ccc(-c3ccc4c5c6ccccc6ccc5n(-c5ccccc5)c4c3)cn2)c1.N#Cc1cncc(-c2cccc(-c3ccc4c5c6ccccc6ccc5n(-c5ccccc5)c4c3)n2)c1.[C-]#[N+]c1cc(-c2cccc(-c3ccc4c5c6ccccc6ccc5n(-c5ccccc5)c4c3)c2)ccn1.[C-]#[N+]c1cncc(-c2cccc(-c3ccc4c5c6ccccc6ccc5n(-c5ccccc5)c4c3)c2)c1. The van der Waals surface area contributed by atoms with Crippen LogP contribution in [0.15, 0.2) is 498 Å². The van der Waals surface area contributed by atoms with E-state index in [0.29, 0.717) is 28.3 Å². The molecule has 0 bridgehead atoms. The standard InChI is InChI=1S/2C34H21N3.2C33H20N4/c1-35-28-19-27(21-36-22-28)25-10-7-9-24(18-25)26-14-16-31-33(20-26)37(29-11-3-2-4-12-29)32-17-15-23-8-5-6-13-30(23)34(31)32;1-35-33-22-27(18-19-36-33)25-10-7-9-24(20-25)26-14-16-30-32(21-26)37(28-11-3-2-4-12-28)31-17-15-23-8-5-6-13-29(23)34(30)31;34-19-22-17-25(21-35-20-22)30-12-6-11-29(36-30)24-13-15-28-32(18-24)37(26-8-2-1-3-9-26)31-16-14-23-7-4-5-10-27(23)33(28)31;34-20-22-16-17-35-30(18-22)29-14-11-25(21-36-29)24-10-13-28-32(19-24)37(26-7-2-1-3-8-26)31-15-12-23-6-4-5-9-27(23)33(28)31/h2*2-22H;1-18,20-21H;1-19,21H. The number of nitriles is 2. The molecule has 148 heavy (non-hydrogen) atoms. The molecule has 0 aliphatic rings. The Morgan fingerprint density at radius 2 is 0.574 bits per heavy atom. The van der Waals surface area contributed by atoms with Gasteiger partial charge in [-0.2, -0.15) is 10.5 Å². The lowest BCUT2D eigenvalue weighted by molar-refractivity contribution is 1.18. The molecule has 0 spiro atoms. The number of rotatable bonds is 12. The highest BCUT2D eigenvalue weighted by Crippen LogP contribution is 2.46. The first kappa shape index (κ1) is 88.5. The topological polar surface area (TPSA) is 153 Å². The van der Waals surface area contributed by atoms with Gasteiger partial charge in [-0.15, -0.1) is 4.98 Å². The molecule has 0 fully saturated rings. The summed E-state index contributed by atoms with van der Waals surface area (Å²) in [6.07, 6.45) is 11.9. The number of fused-ring (bicyclic) bond motifs is 20. The number of hydrogen-bond acceptors (Lipinski definition) is 8. The smallest absolute Gasteiger partial charge is 0.270 e. The van der Waals surface area contributed by atoms with Crippen molar-refractivity contribution in [3.05, 3.63) is 532 Å². The monoisotopic (exact) mass is 1890 g/mol. The molecule has 18 aromatic carbocycles. The second-order valence-corrected chi connectivity index (χ2v) is 36.5. The number of pyridine rings is 6. The highest BCUT2D eigenvalue weighted by atomic mass is 15.0. The van der Waals surface area contributed by atoms with Crippen LogP contribution in [0, 0.1) is 35.8 Å². The zero-order valence-corrected chi connectivity index (χ0v) is 79.6. The Bertz CT molecular complexity index is 9610. The van der Waals surface area contributed by atoms with E-state index in [9.17, 15) is 10.5 Å². The van der Waals surface area contributed by atoms with Crippen LogP contribution in [0.4, 0.5) is 11.5 Å². The van der Waals surface area contributed by atoms with E-state index in [2.05, 4.69) is 447 Å². The summed E-state index contributed by atoms with van der Waals surface area (Å²) >= 11 is 0. The van der Waals surface area contributed by atoms with E-state index in [1.807, 2.05) is 73.1 Å². The molecule has 14 heteroatoms. The molecule has 688 valence electrons. The van der Waals surface area contributed by atoms with Crippen LogP contribution in [0.25, 0.3) is 252 Å². The average molecular weight is 1890 g/mol. The molecule has 10 aromatic heterocycles. The average Bonchev–Trinajstić information content (AvgIpc) is 1.48. The molecule has 0 aliphatic carbocycles. The third-order valence-electron chi connectivity index (χ3n) is 27.9. The number of benzene rings is 18. The lowest BCUT2D eigenvalue weighted by atomic mass is 9.98. The second kappa shape index (κ2) is 38.2. The molecule has 28 rings (SSSR count). The minimum absolute atomic E-state index is 0.406. The molecule has 0 amide bonds. The van der Waals surface area contributed by atoms with Gasteiger partial charge in [0.15, 0.2) is 0 Å². The lowest BCUT2D eigenvalue weighted by Crippen LogP contribution is -1.94. The van der Waals surface area contributed by atoms with E-state index in [1.54, 1.807) is 43.1 Å². The quantitative estimate of drug-likeness (QED) is 0.110. The summed E-state index contributed by atoms with van der Waals surface area (Å²) < 4.78 is 9.42. The van der Waals surface area contributed by atoms with Crippen LogP contribution in [-0.4, -0.2) is 48.2 Å². The van der Waals surface area contributed by atoms with Crippen molar-refractivity contribution >= 4 is 142 Å². The van der Waals surface area contributed by atoms with Gasteiger partial charge in [0.1, 0.15) is 12.3 Å². The summed E-state index contributed by atoms with van der Waals surface area (Å²) in [5, 5.41) is 38.5. The van der Waals surface area contributed by atoms with Crippen molar-refractivity contribution in [2.24, 2.45) is 0 Å². The fraction of sp³-hybridized carbons (Fsp3) is 0. The zero-order chi connectivity index (χ0) is 99.1. The Morgan fingerprint density at radius 1 is 0.209 bits per heavy atom. The first-order chi connectivity index (χ1) is 73.2. The van der Waals surface area contributed by atoms with E-state index in [-0.39, 0.29) is 0 Å². The van der Waals surface area contributed by atoms with Crippen molar-refractivity contribution in [1.82, 2.24) is 48.2 Å². The first-order valence-corrected chi connectivity index (χ1v) is 48.8. The maximum Gasteiger partial charge on any atom is 0.270 e. The fourth-order valence-corrected chi connectivity index (χ4v) is 21.1. The third kappa shape index (κ3) is 16.4. The van der Waals surface area contributed by atoms with Gasteiger partial charge in [-0.3, -0.25) is 19.9 Å². The van der Waals surface area contributed by atoms with Crippen molar-refractivity contribution in [3.63, 3.8) is 0 Å². The summed E-state index contributed by atoms with van der Waals surface area (Å²) in [5.41, 5.74) is 31.3. The molecule has 0 saturated carbocycles. The molecule has 0 saturated heterocycles. The van der Waals surface area contributed by atoms with Gasteiger partial charge in [-0.05, 0) is 257 Å². The number of nitrogens with zero attached hydrogens (tertiary/aromatic N) is 14. The van der Waals surface area contributed by atoms with E-state index in [0.717, 1.165) is 118 Å². The Labute approximate surface area is 851 Å². The summed E-state index contributed by atoms with van der Waals surface area (Å²) in [5.74, 6) is 0.406. The van der Waals surface area contributed by atoms with Gasteiger partial charge in [-0.1, -0.05) is 298 Å². The van der Waals surface area contributed by atoms with Gasteiger partial charge in [0.2, 0.25) is 5.69 Å². The van der Waals surface area contributed by atoms with Crippen molar-refractivity contribution in [3.8, 4) is 124 Å². The molecular formula is C134H82N14. The molecule has 10 heterocycles. The molecule has 0 N–H and O–H groups in total. The second-order valence-electron chi connectivity index (χ2n) is 36.5. The summed E-state index contributed by atoms with van der Waals surface area (Å²) in [6.45, 7) is 14.6. The van der Waals surface area contributed by atoms with Gasteiger partial charge >= 0.3 is 0 Å².